The smallest absolute Gasteiger partial charge is 0.212 e. The highest BCUT2D eigenvalue weighted by Crippen LogP contribution is 2.17. The molecule has 1 aromatic carbocycles. The third kappa shape index (κ3) is 5.51. The minimum atomic E-state index is -3.73. The van der Waals surface area contributed by atoms with Gasteiger partial charge in [0.05, 0.1) is 11.2 Å². The van der Waals surface area contributed by atoms with Crippen molar-refractivity contribution >= 4 is 31.6 Å². The average molecular weight is 369 g/mol. The van der Waals surface area contributed by atoms with Gasteiger partial charge in [-0.05, 0) is 39.0 Å². The summed E-state index contributed by atoms with van der Waals surface area (Å²) < 4.78 is 51.4. The first-order chi connectivity index (χ1) is 9.84. The molecule has 1 aromatic rings. The van der Waals surface area contributed by atoms with Crippen molar-refractivity contribution in [3.63, 3.8) is 0 Å². The highest BCUT2D eigenvalue weighted by molar-refractivity contribution is 7.89. The lowest BCUT2D eigenvalue weighted by molar-refractivity contribution is 0.254. The SMILES string of the molecule is CC(C)(C)N(CCNS(=O)(=O)c1cccc(Cl)c1)S(C)(=O)=O. The van der Waals surface area contributed by atoms with E-state index in [9.17, 15) is 16.8 Å². The van der Waals surface area contributed by atoms with Gasteiger partial charge in [-0.1, -0.05) is 17.7 Å². The second-order valence-corrected chi connectivity index (χ2v) is 9.97. The van der Waals surface area contributed by atoms with Crippen molar-refractivity contribution in [1.29, 1.82) is 0 Å². The van der Waals surface area contributed by atoms with E-state index in [1.54, 1.807) is 26.8 Å². The van der Waals surface area contributed by atoms with Gasteiger partial charge in [-0.3, -0.25) is 0 Å². The first kappa shape index (κ1) is 19.4. The molecule has 0 heterocycles. The third-order valence-electron chi connectivity index (χ3n) is 2.86. The van der Waals surface area contributed by atoms with E-state index in [4.69, 9.17) is 11.6 Å². The summed E-state index contributed by atoms with van der Waals surface area (Å²) in [5.41, 5.74) is -0.630. The Bertz CT molecular complexity index is 725. The molecule has 0 saturated carbocycles. The van der Waals surface area contributed by atoms with Crippen molar-refractivity contribution in [3.8, 4) is 0 Å². The molecule has 1 N–H and O–H groups in total. The molecule has 0 radical (unpaired) electrons. The molecule has 0 amide bonds. The van der Waals surface area contributed by atoms with E-state index in [2.05, 4.69) is 4.72 Å². The molecule has 0 bridgehead atoms. The molecule has 0 aliphatic heterocycles. The summed E-state index contributed by atoms with van der Waals surface area (Å²) in [6.45, 7) is 5.26. The Morgan fingerprint density at radius 2 is 1.77 bits per heavy atom. The lowest BCUT2D eigenvalue weighted by Crippen LogP contribution is -2.48. The molecule has 0 aliphatic rings. The molecule has 6 nitrogen and oxygen atoms in total. The number of halogens is 1. The third-order valence-corrected chi connectivity index (χ3v) is 6.09. The zero-order valence-corrected chi connectivity index (χ0v) is 15.4. The summed E-state index contributed by atoms with van der Waals surface area (Å²) in [4.78, 5) is 0.0432. The molecule has 9 heteroatoms. The first-order valence-corrected chi connectivity index (χ1v) is 10.3. The molecule has 1 rings (SSSR count). The fraction of sp³-hybridized carbons (Fsp3) is 0.538. The molecule has 0 aromatic heterocycles. The zero-order chi connectivity index (χ0) is 17.2. The van der Waals surface area contributed by atoms with Gasteiger partial charge < -0.3 is 0 Å². The van der Waals surface area contributed by atoms with E-state index in [1.165, 1.54) is 22.5 Å². The van der Waals surface area contributed by atoms with E-state index in [1.807, 2.05) is 0 Å². The topological polar surface area (TPSA) is 83.6 Å². The monoisotopic (exact) mass is 368 g/mol. The van der Waals surface area contributed by atoms with Gasteiger partial charge in [0.1, 0.15) is 0 Å². The van der Waals surface area contributed by atoms with E-state index < -0.39 is 25.6 Å². The van der Waals surface area contributed by atoms with Crippen LogP contribution in [0.3, 0.4) is 0 Å². The number of sulfonamides is 2. The average Bonchev–Trinajstić information content (AvgIpc) is 2.31. The summed E-state index contributed by atoms with van der Waals surface area (Å²) in [5.74, 6) is 0. The van der Waals surface area contributed by atoms with Crippen LogP contribution in [0.1, 0.15) is 20.8 Å². The Kier molecular flexibility index (Phi) is 6.02. The predicted octanol–water partition coefficient (Wildman–Crippen LogP) is 1.68. The summed E-state index contributed by atoms with van der Waals surface area (Å²) in [7, 11) is -7.16. The Morgan fingerprint density at radius 1 is 1.18 bits per heavy atom. The van der Waals surface area contributed by atoms with Gasteiger partial charge in [0.25, 0.3) is 0 Å². The Morgan fingerprint density at radius 3 is 2.23 bits per heavy atom. The molecule has 126 valence electrons. The fourth-order valence-electron chi connectivity index (χ4n) is 2.00. The summed E-state index contributed by atoms with van der Waals surface area (Å²) >= 11 is 5.78. The van der Waals surface area contributed by atoms with Crippen molar-refractivity contribution in [3.05, 3.63) is 29.3 Å². The maximum absolute atomic E-state index is 12.1. The van der Waals surface area contributed by atoms with Gasteiger partial charge in [0, 0.05) is 23.7 Å². The van der Waals surface area contributed by atoms with Crippen molar-refractivity contribution in [2.45, 2.75) is 31.2 Å². The van der Waals surface area contributed by atoms with Gasteiger partial charge in [-0.2, -0.15) is 4.31 Å². The molecular formula is C13H21ClN2O4S2. The minimum absolute atomic E-state index is 0.0286. The normalized spacial score (nSPS) is 13.5. The zero-order valence-electron chi connectivity index (χ0n) is 13.0. The van der Waals surface area contributed by atoms with E-state index in [0.29, 0.717) is 5.02 Å². The lowest BCUT2D eigenvalue weighted by Gasteiger charge is -2.33. The van der Waals surface area contributed by atoms with Crippen molar-refractivity contribution in [2.24, 2.45) is 0 Å². The molecule has 0 saturated heterocycles. The standard InChI is InChI=1S/C13H21ClN2O4S2/c1-13(2,3)16(21(4,17)18)9-8-15-22(19,20)12-7-5-6-11(14)10-12/h5-7,10,15H,8-9H2,1-4H3. The van der Waals surface area contributed by atoms with Crippen LogP contribution in [0.4, 0.5) is 0 Å². The number of nitrogens with zero attached hydrogens (tertiary/aromatic N) is 1. The van der Waals surface area contributed by atoms with Gasteiger partial charge in [0.2, 0.25) is 20.0 Å². The number of benzene rings is 1. The maximum atomic E-state index is 12.1. The van der Waals surface area contributed by atoms with Gasteiger partial charge >= 0.3 is 0 Å². The van der Waals surface area contributed by atoms with Crippen molar-refractivity contribution in [2.75, 3.05) is 19.3 Å². The number of nitrogens with one attached hydrogen (secondary N) is 1. The lowest BCUT2D eigenvalue weighted by atomic mass is 10.1. The van der Waals surface area contributed by atoms with Crippen molar-refractivity contribution < 1.29 is 16.8 Å². The van der Waals surface area contributed by atoms with Crippen molar-refractivity contribution in [1.82, 2.24) is 9.03 Å². The Labute approximate surface area is 137 Å². The van der Waals surface area contributed by atoms with Gasteiger partial charge in [0.15, 0.2) is 0 Å². The number of hydrogen-bond donors (Lipinski definition) is 1. The maximum Gasteiger partial charge on any atom is 0.240 e. The molecule has 0 atom stereocenters. The second-order valence-electron chi connectivity index (χ2n) is 5.86. The summed E-state index contributed by atoms with van der Waals surface area (Å²) in [5, 5.41) is 0.315. The number of hydrogen-bond acceptors (Lipinski definition) is 4. The van der Waals surface area contributed by atoms with Crippen LogP contribution < -0.4 is 4.72 Å². The fourth-order valence-corrected chi connectivity index (χ4v) is 4.74. The van der Waals surface area contributed by atoms with Crippen LogP contribution in [0.15, 0.2) is 29.2 Å². The largest absolute Gasteiger partial charge is 0.240 e. The first-order valence-electron chi connectivity index (χ1n) is 6.57. The highest BCUT2D eigenvalue weighted by Gasteiger charge is 2.29. The molecular weight excluding hydrogens is 348 g/mol. The number of rotatable bonds is 6. The van der Waals surface area contributed by atoms with Crippen LogP contribution in [0.2, 0.25) is 5.02 Å². The van der Waals surface area contributed by atoms with Crippen LogP contribution >= 0.6 is 11.6 Å². The highest BCUT2D eigenvalue weighted by atomic mass is 35.5. The van der Waals surface area contributed by atoms with Crippen LogP contribution in [0.25, 0.3) is 0 Å². The molecule has 0 fully saturated rings. The Hall–Kier alpha value is -0.670. The van der Waals surface area contributed by atoms with Crippen LogP contribution in [0, 0.1) is 0 Å². The van der Waals surface area contributed by atoms with E-state index in [-0.39, 0.29) is 18.0 Å². The Balaban J connectivity index is 2.81. The van der Waals surface area contributed by atoms with Gasteiger partial charge in [-0.25, -0.2) is 21.6 Å². The van der Waals surface area contributed by atoms with Crippen LogP contribution in [0.5, 0.6) is 0 Å². The second kappa shape index (κ2) is 6.84. The minimum Gasteiger partial charge on any atom is -0.212 e. The molecule has 22 heavy (non-hydrogen) atoms. The van der Waals surface area contributed by atoms with E-state index in [0.717, 1.165) is 6.26 Å². The van der Waals surface area contributed by atoms with Crippen LogP contribution in [-0.4, -0.2) is 46.0 Å². The molecule has 0 aliphatic carbocycles. The quantitative estimate of drug-likeness (QED) is 0.827. The molecule has 0 unspecified atom stereocenters. The predicted molar refractivity (Wildman–Crippen MR) is 87.9 cm³/mol. The van der Waals surface area contributed by atoms with Gasteiger partial charge in [-0.15, -0.1) is 0 Å². The van der Waals surface area contributed by atoms with Crippen LogP contribution in [-0.2, 0) is 20.0 Å². The summed E-state index contributed by atoms with van der Waals surface area (Å²) in [6, 6.07) is 5.87. The molecule has 0 spiro atoms. The van der Waals surface area contributed by atoms with E-state index >= 15 is 0 Å². The summed E-state index contributed by atoms with van der Waals surface area (Å²) in [6.07, 6.45) is 1.10.